The monoisotopic (exact) mass is 582 g/mol. The van der Waals surface area contributed by atoms with Crippen LogP contribution in [0, 0.1) is 0 Å². The molecule has 3 aromatic rings. The summed E-state index contributed by atoms with van der Waals surface area (Å²) in [6.45, 7) is 9.05. The lowest BCUT2D eigenvalue weighted by Gasteiger charge is -2.42. The number of likely N-dealkylation sites (tertiary alicyclic amines) is 1. The number of ether oxygens (including phenoxy) is 2. The molecule has 0 radical (unpaired) electrons. The van der Waals surface area contributed by atoms with Gasteiger partial charge in [-0.2, -0.15) is 5.10 Å². The first-order valence-corrected chi connectivity index (χ1v) is 14.9. The van der Waals surface area contributed by atoms with Gasteiger partial charge in [0.05, 0.1) is 47.9 Å². The predicted octanol–water partition coefficient (Wildman–Crippen LogP) is 5.76. The van der Waals surface area contributed by atoms with E-state index in [0.717, 1.165) is 59.3 Å². The third kappa shape index (κ3) is 5.81. The van der Waals surface area contributed by atoms with Crippen molar-refractivity contribution in [2.24, 2.45) is 0 Å². The Morgan fingerprint density at radius 2 is 1.98 bits per heavy atom. The van der Waals surface area contributed by atoms with Crippen LogP contribution in [0.5, 0.6) is 0 Å². The minimum Gasteiger partial charge on any atom is -0.444 e. The maximum Gasteiger partial charge on any atom is 0.410 e. The van der Waals surface area contributed by atoms with Gasteiger partial charge in [0, 0.05) is 31.1 Å². The average Bonchev–Trinajstić information content (AvgIpc) is 3.35. The molecule has 3 atom stereocenters. The normalized spacial score (nSPS) is 23.6. The predicted molar refractivity (Wildman–Crippen MR) is 156 cm³/mol. The Hall–Kier alpha value is -3.31. The Bertz CT molecular complexity index is 1410. The highest BCUT2D eigenvalue weighted by molar-refractivity contribution is 5.84. The molecule has 0 spiro atoms. The van der Waals surface area contributed by atoms with Crippen LogP contribution in [0.15, 0.2) is 36.7 Å². The number of halogens is 2. The van der Waals surface area contributed by atoms with Crippen molar-refractivity contribution >= 4 is 22.7 Å². The molecule has 226 valence electrons. The summed E-state index contributed by atoms with van der Waals surface area (Å²) in [4.78, 5) is 20.6. The van der Waals surface area contributed by atoms with E-state index in [-0.39, 0.29) is 30.9 Å². The van der Waals surface area contributed by atoms with Crippen LogP contribution in [0.3, 0.4) is 0 Å². The molecular formula is C31H40F2N6O3. The van der Waals surface area contributed by atoms with Crippen molar-refractivity contribution in [2.45, 2.75) is 89.8 Å². The van der Waals surface area contributed by atoms with E-state index in [9.17, 15) is 13.6 Å². The van der Waals surface area contributed by atoms with Gasteiger partial charge in [-0.25, -0.2) is 18.3 Å². The van der Waals surface area contributed by atoms with Gasteiger partial charge in [-0.05, 0) is 82.7 Å². The van der Waals surface area contributed by atoms with Crippen LogP contribution < -0.4 is 5.32 Å². The van der Waals surface area contributed by atoms with E-state index in [1.54, 1.807) is 11.1 Å². The molecule has 6 rings (SSSR count). The molecule has 1 N–H and O–H groups in total. The molecule has 2 saturated heterocycles. The molecule has 3 aliphatic heterocycles. The number of fused-ring (bicyclic) bond motifs is 3. The highest BCUT2D eigenvalue weighted by Crippen LogP contribution is 2.41. The minimum atomic E-state index is -2.46. The van der Waals surface area contributed by atoms with Crippen molar-refractivity contribution in [1.29, 1.82) is 0 Å². The number of alkyl halides is 2. The number of nitrogens with one attached hydrogen (secondary N) is 1. The molecule has 0 bridgehead atoms. The second-order valence-corrected chi connectivity index (χ2v) is 12.7. The van der Waals surface area contributed by atoms with E-state index >= 15 is 0 Å². The maximum atomic E-state index is 13.8. The van der Waals surface area contributed by atoms with Crippen LogP contribution in [0.25, 0.3) is 10.9 Å². The van der Waals surface area contributed by atoms with Crippen molar-refractivity contribution < 1.29 is 23.0 Å². The lowest BCUT2D eigenvalue weighted by molar-refractivity contribution is -0.0366. The number of carbonyl (C=O) groups excluding carboxylic acids is 1. The number of benzene rings is 1. The molecule has 2 fully saturated rings. The molecule has 5 heterocycles. The van der Waals surface area contributed by atoms with Crippen molar-refractivity contribution in [3.8, 4) is 0 Å². The van der Waals surface area contributed by atoms with Crippen molar-refractivity contribution in [3.63, 3.8) is 0 Å². The molecule has 3 aliphatic rings. The van der Waals surface area contributed by atoms with Gasteiger partial charge in [-0.1, -0.05) is 6.07 Å². The van der Waals surface area contributed by atoms with E-state index in [1.807, 2.05) is 61.7 Å². The van der Waals surface area contributed by atoms with Crippen LogP contribution in [0.4, 0.5) is 19.3 Å². The first-order valence-electron chi connectivity index (χ1n) is 14.9. The first kappa shape index (κ1) is 28.8. The van der Waals surface area contributed by atoms with Crippen LogP contribution in [0.1, 0.15) is 76.0 Å². The zero-order chi connectivity index (χ0) is 29.6. The van der Waals surface area contributed by atoms with Crippen molar-refractivity contribution in [1.82, 2.24) is 24.6 Å². The third-order valence-electron chi connectivity index (χ3n) is 8.37. The number of amides is 1. The lowest BCUT2D eigenvalue weighted by Crippen LogP contribution is -2.57. The molecule has 1 aromatic carbocycles. The van der Waals surface area contributed by atoms with Crippen LogP contribution in [0.2, 0.25) is 0 Å². The Morgan fingerprint density at radius 1 is 1.17 bits per heavy atom. The molecule has 1 unspecified atom stereocenters. The van der Waals surface area contributed by atoms with Crippen LogP contribution >= 0.6 is 0 Å². The molecule has 0 aliphatic carbocycles. The van der Waals surface area contributed by atoms with Gasteiger partial charge >= 0.3 is 6.09 Å². The zero-order valence-electron chi connectivity index (χ0n) is 24.7. The Labute approximate surface area is 245 Å². The number of carbonyl (C=O) groups is 1. The largest absolute Gasteiger partial charge is 0.444 e. The Balaban J connectivity index is 1.23. The summed E-state index contributed by atoms with van der Waals surface area (Å²) in [7, 11) is 0. The molecular weight excluding hydrogens is 542 g/mol. The van der Waals surface area contributed by atoms with E-state index in [4.69, 9.17) is 19.6 Å². The highest BCUT2D eigenvalue weighted by Gasteiger charge is 2.37. The second kappa shape index (κ2) is 11.4. The van der Waals surface area contributed by atoms with Gasteiger partial charge in [0.2, 0.25) is 0 Å². The van der Waals surface area contributed by atoms with Gasteiger partial charge in [-0.15, -0.1) is 0 Å². The highest BCUT2D eigenvalue weighted by atomic mass is 19.3. The maximum absolute atomic E-state index is 13.8. The van der Waals surface area contributed by atoms with Gasteiger partial charge < -0.3 is 19.7 Å². The number of pyridine rings is 1. The summed E-state index contributed by atoms with van der Waals surface area (Å²) >= 11 is 0. The smallest absolute Gasteiger partial charge is 0.410 e. The SMILES string of the molecule is C[C@@H]1Cc2c(ccc3c2cnn3C2CCCCO2)[C@@H](c2ccc(NC3CN(C(=O)OC(C)(C)C)C3)cn2)N1CC(F)F. The van der Waals surface area contributed by atoms with Gasteiger partial charge in [-0.3, -0.25) is 9.88 Å². The quantitative estimate of drug-likeness (QED) is 0.396. The fourth-order valence-corrected chi connectivity index (χ4v) is 6.38. The average molecular weight is 583 g/mol. The van der Waals surface area contributed by atoms with Crippen molar-refractivity contribution in [3.05, 3.63) is 53.5 Å². The van der Waals surface area contributed by atoms with E-state index in [1.165, 1.54) is 0 Å². The summed E-state index contributed by atoms with van der Waals surface area (Å²) in [5.74, 6) is 0. The number of rotatable bonds is 6. The van der Waals surface area contributed by atoms with E-state index < -0.39 is 18.1 Å². The fraction of sp³-hybridized carbons (Fsp3) is 0.581. The van der Waals surface area contributed by atoms with Gasteiger partial charge in [0.15, 0.2) is 6.23 Å². The number of anilines is 1. The van der Waals surface area contributed by atoms with E-state index in [2.05, 4.69) is 11.4 Å². The van der Waals surface area contributed by atoms with Gasteiger partial charge in [0.25, 0.3) is 6.43 Å². The summed E-state index contributed by atoms with van der Waals surface area (Å²) in [5, 5.41) is 9.17. The summed E-state index contributed by atoms with van der Waals surface area (Å²) in [5.41, 5.74) is 4.16. The standard InChI is InChI=1S/C31H40F2N6O3/c1-19-13-23-22(9-11-26-24(23)15-35-39(26)28-7-5-6-12-41-28)29(38(19)18-27(32)33)25-10-8-20(14-34-25)36-21-16-37(17-21)30(40)42-31(2,3)4/h8-11,14-15,19,21,27-29,36H,5-7,12-13,16-18H2,1-4H3/t19-,28?,29+/m1/s1. The molecule has 11 heteroatoms. The zero-order valence-corrected chi connectivity index (χ0v) is 24.7. The summed E-state index contributed by atoms with van der Waals surface area (Å²) in [6, 6.07) is 7.54. The fourth-order valence-electron chi connectivity index (χ4n) is 6.38. The third-order valence-corrected chi connectivity index (χ3v) is 8.37. The van der Waals surface area contributed by atoms with Crippen LogP contribution in [-0.2, 0) is 15.9 Å². The first-order chi connectivity index (χ1) is 20.1. The molecule has 0 saturated carbocycles. The number of hydrogen-bond acceptors (Lipinski definition) is 7. The lowest BCUT2D eigenvalue weighted by atomic mass is 9.85. The van der Waals surface area contributed by atoms with Crippen LogP contribution in [-0.4, -0.2) is 81.0 Å². The minimum absolute atomic E-state index is 0.0740. The summed E-state index contributed by atoms with van der Waals surface area (Å²) in [6.07, 6.45) is 4.56. The molecule has 1 amide bonds. The second-order valence-electron chi connectivity index (χ2n) is 12.7. The Kier molecular flexibility index (Phi) is 7.82. The number of aromatic nitrogens is 3. The van der Waals surface area contributed by atoms with E-state index in [0.29, 0.717) is 19.5 Å². The molecule has 9 nitrogen and oxygen atoms in total. The number of hydrogen-bond donors (Lipinski definition) is 1. The topological polar surface area (TPSA) is 84.8 Å². The van der Waals surface area contributed by atoms with Gasteiger partial charge in [0.1, 0.15) is 5.60 Å². The Morgan fingerprint density at radius 3 is 2.64 bits per heavy atom. The molecule has 2 aromatic heterocycles. The molecule has 42 heavy (non-hydrogen) atoms. The van der Waals surface area contributed by atoms with Crippen molar-refractivity contribution in [2.75, 3.05) is 31.6 Å². The summed E-state index contributed by atoms with van der Waals surface area (Å²) < 4.78 is 41.0. The number of nitrogens with zero attached hydrogens (tertiary/aromatic N) is 5.